The van der Waals surface area contributed by atoms with Gasteiger partial charge in [-0.3, -0.25) is 0 Å². The summed E-state index contributed by atoms with van der Waals surface area (Å²) in [4.78, 5) is 29.3. The van der Waals surface area contributed by atoms with Crippen molar-refractivity contribution in [1.82, 2.24) is 0 Å². The van der Waals surface area contributed by atoms with Crippen molar-refractivity contribution in [3.8, 4) is 0 Å². The first-order chi connectivity index (χ1) is 2.00. The van der Waals surface area contributed by atoms with E-state index >= 15 is 0 Å². The summed E-state index contributed by atoms with van der Waals surface area (Å²) >= 11 is 0. The summed E-state index contributed by atoms with van der Waals surface area (Å²) in [7, 11) is -4.61. The maximum absolute atomic E-state index is 7.33. The predicted octanol–water partition coefficient (Wildman–Crippen LogP) is -6.41. The average Bonchev–Trinajstić information content (AvgIpc) is 0.722. The first-order valence-electron chi connectivity index (χ1n) is 0.894. The molecule has 0 atom stereocenters. The zero-order chi connectivity index (χ0) is 4.50. The molecule has 0 saturated heterocycles. The van der Waals surface area contributed by atoms with Crippen molar-refractivity contribution in [2.75, 3.05) is 0 Å². The topological polar surface area (TPSA) is 80.9 Å². The second-order valence-corrected chi connectivity index (χ2v) is 1.80. The molecule has 0 aromatic rings. The molecule has 0 aliphatic carbocycles. The summed E-state index contributed by atoms with van der Waals surface area (Å²) in [6, 6.07) is 0. The molecule has 0 heterocycles. The number of rotatable bonds is 0. The molecule has 0 aromatic carbocycles. The van der Waals surface area contributed by atoms with E-state index in [0.29, 0.717) is 0 Å². The number of hydrogen-bond acceptors (Lipinski definition) is 4. The van der Waals surface area contributed by atoms with Gasteiger partial charge < -0.3 is 20.6 Å². The van der Waals surface area contributed by atoms with Crippen molar-refractivity contribution < 1.29 is 58.9 Å². The molecule has 0 fully saturated rings. The molecule has 2 radical (unpaired) electrons. The molecule has 0 unspecified atom stereocenters. The molecule has 0 aliphatic heterocycles. The van der Waals surface area contributed by atoms with Gasteiger partial charge in [0.2, 0.25) is 0 Å². The van der Waals surface area contributed by atoms with Crippen molar-refractivity contribution in [3.63, 3.8) is 0 Å². The van der Waals surface area contributed by atoms with Crippen LogP contribution >= 0.6 is 0 Å². The van der Waals surface area contributed by atoms with E-state index in [-0.39, 0.29) is 63.7 Å². The van der Waals surface area contributed by atoms with Crippen LogP contribution in [-0.2, 0) is 19.5 Å². The largest absolute Gasteiger partial charge is 0 e. The molecule has 0 saturated carbocycles. The SMILES string of the molecule is O[Si](O)(O)O.[H-].[Li+].[SnH2].[Zn]. The van der Waals surface area contributed by atoms with E-state index in [1.165, 1.54) is 0 Å². The van der Waals surface area contributed by atoms with Crippen molar-refractivity contribution in [3.05, 3.63) is 0 Å². The van der Waals surface area contributed by atoms with Gasteiger partial charge in [0.05, 0.1) is 0 Å². The van der Waals surface area contributed by atoms with E-state index in [1.54, 1.807) is 0 Å². The molecule has 4 N–H and O–H groups in total. The standard InChI is InChI=1S/Li.H4O4Si.Sn.Zn.3H/c;1-5(2,3)4;;;;;/h;1-4H;;;;;/q+1;;;;;;-1. The van der Waals surface area contributed by atoms with E-state index in [4.69, 9.17) is 19.2 Å². The van der Waals surface area contributed by atoms with Gasteiger partial charge in [-0.05, 0) is 0 Å². The molecule has 0 aliphatic rings. The fourth-order valence-electron chi connectivity index (χ4n) is 0. The van der Waals surface area contributed by atoms with Gasteiger partial charge in [0.25, 0.3) is 0 Å². The Hall–Kier alpha value is 2.08. The van der Waals surface area contributed by atoms with Crippen LogP contribution in [0.15, 0.2) is 0 Å². The van der Waals surface area contributed by atoms with Gasteiger partial charge in [0, 0.05) is 19.5 Å². The van der Waals surface area contributed by atoms with E-state index in [0.717, 1.165) is 0 Å². The van der Waals surface area contributed by atoms with Gasteiger partial charge in [-0.15, -0.1) is 0 Å². The maximum Gasteiger partial charge on any atom is 0 e. The van der Waals surface area contributed by atoms with Gasteiger partial charge in [0.1, 0.15) is 0 Å². The first-order valence-corrected chi connectivity index (χ1v) is 2.68. The van der Waals surface area contributed by atoms with Crippen LogP contribution in [0.25, 0.3) is 0 Å². The predicted molar refractivity (Wildman–Crippen MR) is 24.3 cm³/mol. The summed E-state index contributed by atoms with van der Waals surface area (Å²) in [5.74, 6) is 0. The minimum atomic E-state index is -4.61. The van der Waals surface area contributed by atoms with Crippen LogP contribution < -0.4 is 18.9 Å². The third-order valence-electron chi connectivity index (χ3n) is 0. The Morgan fingerprint density at radius 2 is 1.00 bits per heavy atom. The van der Waals surface area contributed by atoms with Crippen LogP contribution in [0, 0.1) is 0 Å². The molecule has 0 spiro atoms. The van der Waals surface area contributed by atoms with Gasteiger partial charge in [-0.2, -0.15) is 0 Å². The van der Waals surface area contributed by atoms with Gasteiger partial charge in [-0.1, -0.05) is 0 Å². The molecule has 0 bridgehead atoms. The zero-order valence-electron chi connectivity index (χ0n) is 5.70. The van der Waals surface area contributed by atoms with Crippen LogP contribution in [0.2, 0.25) is 0 Å². The summed E-state index contributed by atoms with van der Waals surface area (Å²) in [6.45, 7) is 0. The molecule has 4 nitrogen and oxygen atoms in total. The first kappa shape index (κ1) is 22.5. The Morgan fingerprint density at radius 3 is 1.00 bits per heavy atom. The molecule has 0 amide bonds. The quantitative estimate of drug-likeness (QED) is 0.335. The van der Waals surface area contributed by atoms with Crippen molar-refractivity contribution in [1.29, 1.82) is 0 Å². The van der Waals surface area contributed by atoms with Crippen LogP contribution in [0.3, 0.4) is 0 Å². The van der Waals surface area contributed by atoms with E-state index in [1.807, 2.05) is 0 Å². The third-order valence-corrected chi connectivity index (χ3v) is 0. The smallest absolute Gasteiger partial charge is 0 e. The van der Waals surface area contributed by atoms with Crippen molar-refractivity contribution in [2.24, 2.45) is 0 Å². The molecule has 0 aromatic heterocycles. The summed E-state index contributed by atoms with van der Waals surface area (Å²) in [5, 5.41) is 0. The fourth-order valence-corrected chi connectivity index (χ4v) is 0. The van der Waals surface area contributed by atoms with Crippen molar-refractivity contribution >= 4 is 33.0 Å². The average molecular weight is 290 g/mol. The van der Waals surface area contributed by atoms with Crippen LogP contribution in [0.1, 0.15) is 1.43 Å². The van der Waals surface area contributed by atoms with Crippen LogP contribution in [0.5, 0.6) is 0 Å². The third kappa shape index (κ3) is 93.8. The Labute approximate surface area is 91.2 Å². The monoisotopic (exact) mass is 290 g/mol. The van der Waals surface area contributed by atoms with E-state index < -0.39 is 9.05 Å². The minimum absolute atomic E-state index is 0. The normalized spacial score (nSPS) is 7.50. The molecule has 42 valence electrons. The second kappa shape index (κ2) is 9.08. The summed E-state index contributed by atoms with van der Waals surface area (Å²) in [6.07, 6.45) is 0. The summed E-state index contributed by atoms with van der Waals surface area (Å²) < 4.78 is 0. The Balaban J connectivity index is -0.0000000133. The number of hydrogen-bond donors (Lipinski definition) is 4. The maximum atomic E-state index is 7.33. The Morgan fingerprint density at radius 1 is 1.00 bits per heavy atom. The molecular formula is H7LiO4SiSnZn. The Bertz CT molecular complexity index is 36.0. The van der Waals surface area contributed by atoms with E-state index in [9.17, 15) is 0 Å². The van der Waals surface area contributed by atoms with Crippen molar-refractivity contribution in [2.45, 2.75) is 0 Å². The fraction of sp³-hybridized carbons (Fsp3) is 0. The summed E-state index contributed by atoms with van der Waals surface area (Å²) in [5.41, 5.74) is 0. The molecule has 8 heavy (non-hydrogen) atoms. The van der Waals surface area contributed by atoms with Gasteiger partial charge >= 0.3 is 51.8 Å². The minimum Gasteiger partial charge on any atom is 0 e. The van der Waals surface area contributed by atoms with Gasteiger partial charge in [0.15, 0.2) is 0 Å². The van der Waals surface area contributed by atoms with E-state index in [2.05, 4.69) is 0 Å². The molecule has 8 heteroatoms. The van der Waals surface area contributed by atoms with Crippen LogP contribution in [-0.4, -0.2) is 52.1 Å². The van der Waals surface area contributed by atoms with Gasteiger partial charge in [-0.25, -0.2) is 0 Å². The second-order valence-electron chi connectivity index (χ2n) is 0.600. The zero-order valence-corrected chi connectivity index (χ0v) is 12.7. The molecular weight excluding hydrogens is 283 g/mol. The Kier molecular flexibility index (Phi) is 25.5. The molecule has 0 rings (SSSR count). The van der Waals surface area contributed by atoms with Crippen LogP contribution in [0.4, 0.5) is 0 Å².